The molecule has 3 nitrogen and oxygen atoms in total. The third kappa shape index (κ3) is 2.18. The molecule has 0 saturated heterocycles. The maximum absolute atomic E-state index is 5.82. The fraction of sp³-hybridized carbons (Fsp3) is 0.357. The van der Waals surface area contributed by atoms with E-state index in [0.29, 0.717) is 11.6 Å². The third-order valence-electron chi connectivity index (χ3n) is 2.90. The normalized spacial score (nSPS) is 11.8. The Morgan fingerprint density at radius 2 is 1.88 bits per heavy atom. The van der Waals surface area contributed by atoms with Crippen LogP contribution in [0.4, 0.5) is 5.82 Å². The minimum absolute atomic E-state index is 0.116. The molecule has 90 valence electrons. The average molecular weight is 230 g/mol. The minimum Gasteiger partial charge on any atom is -0.493 e. The highest BCUT2D eigenvalue weighted by molar-refractivity contribution is 5.83. The topological polar surface area (TPSA) is 48.1 Å². The molecule has 0 amide bonds. The molecule has 0 saturated carbocycles. The van der Waals surface area contributed by atoms with E-state index in [4.69, 9.17) is 10.5 Å². The van der Waals surface area contributed by atoms with Crippen LogP contribution >= 0.6 is 0 Å². The highest BCUT2D eigenvalue weighted by Gasteiger charge is 2.14. The maximum Gasteiger partial charge on any atom is 0.166 e. The molecule has 0 aliphatic carbocycles. The second-order valence-electron chi connectivity index (χ2n) is 5.23. The molecular formula is C14H18N2O. The number of benzene rings is 1. The highest BCUT2D eigenvalue weighted by atomic mass is 16.5. The largest absolute Gasteiger partial charge is 0.493 e. The van der Waals surface area contributed by atoms with E-state index in [-0.39, 0.29) is 5.41 Å². The number of ether oxygens (including phenoxy) is 1. The lowest BCUT2D eigenvalue weighted by Gasteiger charge is -2.19. The molecule has 0 aliphatic heterocycles. The van der Waals surface area contributed by atoms with Crippen molar-refractivity contribution in [1.82, 2.24) is 4.98 Å². The number of rotatable bonds is 1. The Morgan fingerprint density at radius 1 is 1.18 bits per heavy atom. The summed E-state index contributed by atoms with van der Waals surface area (Å²) in [5, 5.41) is 1.05. The van der Waals surface area contributed by atoms with Crippen LogP contribution in [0, 0.1) is 0 Å². The standard InChI is InChI=1S/C14H18N2O/c1-14(2,3)10-6-5-9-7-12(17-4)13(15)16-11(9)8-10/h5-8H,1-4H3,(H2,15,16). The molecule has 1 heterocycles. The van der Waals surface area contributed by atoms with E-state index in [1.54, 1.807) is 7.11 Å². The Kier molecular flexibility index (Phi) is 2.69. The zero-order chi connectivity index (χ0) is 12.6. The van der Waals surface area contributed by atoms with Crippen LogP contribution in [0.15, 0.2) is 24.3 Å². The van der Waals surface area contributed by atoms with Gasteiger partial charge in [0.15, 0.2) is 11.6 Å². The zero-order valence-corrected chi connectivity index (χ0v) is 10.7. The lowest BCUT2D eigenvalue weighted by Crippen LogP contribution is -2.10. The molecule has 3 heteroatoms. The summed E-state index contributed by atoms with van der Waals surface area (Å²) in [6.07, 6.45) is 0. The first-order chi connectivity index (χ1) is 7.91. The molecule has 1 aromatic heterocycles. The average Bonchev–Trinajstić information content (AvgIpc) is 2.26. The van der Waals surface area contributed by atoms with Crippen molar-refractivity contribution in [2.45, 2.75) is 26.2 Å². The van der Waals surface area contributed by atoms with Crippen molar-refractivity contribution in [3.8, 4) is 5.75 Å². The van der Waals surface area contributed by atoms with Crippen molar-refractivity contribution >= 4 is 16.7 Å². The van der Waals surface area contributed by atoms with Gasteiger partial charge in [-0.1, -0.05) is 32.9 Å². The lowest BCUT2D eigenvalue weighted by atomic mass is 9.86. The minimum atomic E-state index is 0.116. The quantitative estimate of drug-likeness (QED) is 0.818. The molecule has 0 radical (unpaired) electrons. The van der Waals surface area contributed by atoms with Crippen LogP contribution in [0.25, 0.3) is 10.9 Å². The van der Waals surface area contributed by atoms with Gasteiger partial charge in [-0.05, 0) is 23.1 Å². The summed E-state index contributed by atoms with van der Waals surface area (Å²) in [5.74, 6) is 1.06. The Hall–Kier alpha value is -1.77. The van der Waals surface area contributed by atoms with Crippen molar-refractivity contribution in [3.05, 3.63) is 29.8 Å². The van der Waals surface area contributed by atoms with Gasteiger partial charge in [-0.15, -0.1) is 0 Å². The van der Waals surface area contributed by atoms with Crippen LogP contribution in [0.1, 0.15) is 26.3 Å². The van der Waals surface area contributed by atoms with Gasteiger partial charge in [-0.25, -0.2) is 4.98 Å². The van der Waals surface area contributed by atoms with Gasteiger partial charge in [0.25, 0.3) is 0 Å². The number of aromatic nitrogens is 1. The SMILES string of the molecule is COc1cc2ccc(C(C)(C)C)cc2nc1N. The number of pyridine rings is 1. The van der Waals surface area contributed by atoms with Crippen LogP contribution < -0.4 is 10.5 Å². The summed E-state index contributed by atoms with van der Waals surface area (Å²) >= 11 is 0. The van der Waals surface area contributed by atoms with Gasteiger partial charge in [0.05, 0.1) is 12.6 Å². The molecule has 0 atom stereocenters. The molecule has 1 aromatic carbocycles. The van der Waals surface area contributed by atoms with Crippen LogP contribution in [-0.2, 0) is 5.41 Å². The molecule has 0 spiro atoms. The molecule has 0 unspecified atom stereocenters. The number of anilines is 1. The van der Waals surface area contributed by atoms with E-state index in [1.165, 1.54) is 5.56 Å². The molecule has 2 rings (SSSR count). The van der Waals surface area contributed by atoms with Crippen molar-refractivity contribution in [2.24, 2.45) is 0 Å². The molecule has 0 aliphatic rings. The lowest BCUT2D eigenvalue weighted by molar-refractivity contribution is 0.416. The third-order valence-corrected chi connectivity index (χ3v) is 2.90. The smallest absolute Gasteiger partial charge is 0.166 e. The van der Waals surface area contributed by atoms with E-state index in [0.717, 1.165) is 10.9 Å². The predicted octanol–water partition coefficient (Wildman–Crippen LogP) is 3.12. The van der Waals surface area contributed by atoms with Crippen LogP contribution in [0.3, 0.4) is 0 Å². The molecule has 0 bridgehead atoms. The first-order valence-electron chi connectivity index (χ1n) is 5.66. The molecular weight excluding hydrogens is 212 g/mol. The summed E-state index contributed by atoms with van der Waals surface area (Å²) in [6, 6.07) is 8.19. The van der Waals surface area contributed by atoms with Crippen molar-refractivity contribution < 1.29 is 4.74 Å². The Morgan fingerprint density at radius 3 is 2.47 bits per heavy atom. The molecule has 17 heavy (non-hydrogen) atoms. The van der Waals surface area contributed by atoms with Crippen LogP contribution in [0.2, 0.25) is 0 Å². The van der Waals surface area contributed by atoms with Gasteiger partial charge in [0.2, 0.25) is 0 Å². The van der Waals surface area contributed by atoms with Gasteiger partial charge in [-0.3, -0.25) is 0 Å². The fourth-order valence-corrected chi connectivity index (χ4v) is 1.79. The fourth-order valence-electron chi connectivity index (χ4n) is 1.79. The predicted molar refractivity (Wildman–Crippen MR) is 71.4 cm³/mol. The van der Waals surface area contributed by atoms with Gasteiger partial charge in [-0.2, -0.15) is 0 Å². The summed E-state index contributed by atoms with van der Waals surface area (Å²) in [5.41, 5.74) is 8.10. The number of fused-ring (bicyclic) bond motifs is 1. The van der Waals surface area contributed by atoms with E-state index < -0.39 is 0 Å². The summed E-state index contributed by atoms with van der Waals surface area (Å²) in [4.78, 5) is 4.37. The number of methoxy groups -OCH3 is 1. The van der Waals surface area contributed by atoms with E-state index in [9.17, 15) is 0 Å². The van der Waals surface area contributed by atoms with Crippen LogP contribution in [-0.4, -0.2) is 12.1 Å². The second-order valence-corrected chi connectivity index (χ2v) is 5.23. The number of nitrogen functional groups attached to an aromatic ring is 1. The van der Waals surface area contributed by atoms with Gasteiger partial charge in [0.1, 0.15) is 0 Å². The highest BCUT2D eigenvalue weighted by Crippen LogP contribution is 2.29. The summed E-state index contributed by atoms with van der Waals surface area (Å²) in [7, 11) is 1.60. The monoisotopic (exact) mass is 230 g/mol. The Labute approximate surface area is 102 Å². The number of hydrogen-bond acceptors (Lipinski definition) is 3. The summed E-state index contributed by atoms with van der Waals surface area (Å²) in [6.45, 7) is 6.54. The zero-order valence-electron chi connectivity index (χ0n) is 10.7. The van der Waals surface area contributed by atoms with Gasteiger partial charge < -0.3 is 10.5 Å². The number of hydrogen-bond donors (Lipinski definition) is 1. The molecule has 2 aromatic rings. The number of nitrogens with zero attached hydrogens (tertiary/aromatic N) is 1. The Bertz CT molecular complexity index is 556. The van der Waals surface area contributed by atoms with Crippen molar-refractivity contribution in [3.63, 3.8) is 0 Å². The van der Waals surface area contributed by atoms with Crippen molar-refractivity contribution in [2.75, 3.05) is 12.8 Å². The molecule has 2 N–H and O–H groups in total. The molecule has 0 fully saturated rings. The van der Waals surface area contributed by atoms with E-state index in [1.807, 2.05) is 6.07 Å². The van der Waals surface area contributed by atoms with Crippen LogP contribution in [0.5, 0.6) is 5.75 Å². The second kappa shape index (κ2) is 3.91. The van der Waals surface area contributed by atoms with Gasteiger partial charge >= 0.3 is 0 Å². The Balaban J connectivity index is 2.63. The maximum atomic E-state index is 5.82. The number of nitrogens with two attached hydrogens (primary N) is 1. The summed E-state index contributed by atoms with van der Waals surface area (Å²) < 4.78 is 5.16. The first-order valence-corrected chi connectivity index (χ1v) is 5.66. The van der Waals surface area contributed by atoms with Gasteiger partial charge in [0, 0.05) is 5.39 Å². The van der Waals surface area contributed by atoms with Crippen molar-refractivity contribution in [1.29, 1.82) is 0 Å². The first kappa shape index (κ1) is 11.7. The van der Waals surface area contributed by atoms with E-state index in [2.05, 4.69) is 44.0 Å². The van der Waals surface area contributed by atoms with E-state index >= 15 is 0 Å².